The van der Waals surface area contributed by atoms with Gasteiger partial charge in [0.2, 0.25) is 0 Å². The lowest BCUT2D eigenvalue weighted by Crippen LogP contribution is -2.25. The quantitative estimate of drug-likeness (QED) is 0.909. The van der Waals surface area contributed by atoms with Crippen LogP contribution in [0.15, 0.2) is 35.3 Å². The SMILES string of the molecule is CC(C)n1ncc(Nc2ccc(CN)cc2)c(Cl)c1=O. The summed E-state index contributed by atoms with van der Waals surface area (Å²) in [6, 6.07) is 7.56. The fourth-order valence-electron chi connectivity index (χ4n) is 1.78. The van der Waals surface area contributed by atoms with Crippen LogP contribution in [0.4, 0.5) is 11.4 Å². The summed E-state index contributed by atoms with van der Waals surface area (Å²) in [5, 5.41) is 7.32. The van der Waals surface area contributed by atoms with Gasteiger partial charge in [-0.3, -0.25) is 4.79 Å². The van der Waals surface area contributed by atoms with Crippen LogP contribution >= 0.6 is 11.6 Å². The molecule has 1 aromatic heterocycles. The van der Waals surface area contributed by atoms with Crippen LogP contribution in [-0.2, 0) is 6.54 Å². The van der Waals surface area contributed by atoms with E-state index < -0.39 is 0 Å². The van der Waals surface area contributed by atoms with Crippen LogP contribution in [0.2, 0.25) is 5.02 Å². The van der Waals surface area contributed by atoms with Crippen LogP contribution in [0.1, 0.15) is 25.5 Å². The number of nitrogens with one attached hydrogen (secondary N) is 1. The Kier molecular flexibility index (Phi) is 4.42. The first-order valence-electron chi connectivity index (χ1n) is 6.36. The van der Waals surface area contributed by atoms with Crippen LogP contribution < -0.4 is 16.6 Å². The molecule has 1 aromatic carbocycles. The Balaban J connectivity index is 2.29. The Labute approximate surface area is 122 Å². The molecule has 1 heterocycles. The maximum absolute atomic E-state index is 12.0. The van der Waals surface area contributed by atoms with Gasteiger partial charge in [0.05, 0.1) is 17.9 Å². The molecule has 2 rings (SSSR count). The molecule has 0 spiro atoms. The highest BCUT2D eigenvalue weighted by Crippen LogP contribution is 2.22. The molecule has 106 valence electrons. The number of hydrogen-bond acceptors (Lipinski definition) is 4. The first kappa shape index (κ1) is 14.6. The third kappa shape index (κ3) is 3.00. The minimum absolute atomic E-state index is 0.0297. The summed E-state index contributed by atoms with van der Waals surface area (Å²) in [7, 11) is 0. The third-order valence-electron chi connectivity index (χ3n) is 2.90. The van der Waals surface area contributed by atoms with E-state index in [1.165, 1.54) is 4.68 Å². The van der Waals surface area contributed by atoms with E-state index in [1.54, 1.807) is 6.20 Å². The Morgan fingerprint density at radius 3 is 2.55 bits per heavy atom. The van der Waals surface area contributed by atoms with Crippen molar-refractivity contribution in [2.24, 2.45) is 5.73 Å². The zero-order valence-electron chi connectivity index (χ0n) is 11.4. The molecule has 0 saturated carbocycles. The minimum Gasteiger partial charge on any atom is -0.353 e. The Hall–Kier alpha value is -1.85. The largest absolute Gasteiger partial charge is 0.353 e. The first-order chi connectivity index (χ1) is 9.52. The number of nitrogens with two attached hydrogens (primary N) is 1. The van der Waals surface area contributed by atoms with Crippen molar-refractivity contribution in [2.45, 2.75) is 26.4 Å². The number of anilines is 2. The number of nitrogens with zero attached hydrogens (tertiary/aromatic N) is 2. The summed E-state index contributed by atoms with van der Waals surface area (Å²) in [6.45, 7) is 4.25. The van der Waals surface area contributed by atoms with Crippen molar-refractivity contribution >= 4 is 23.0 Å². The molecule has 3 N–H and O–H groups in total. The van der Waals surface area contributed by atoms with Gasteiger partial charge in [-0.1, -0.05) is 23.7 Å². The van der Waals surface area contributed by atoms with Gasteiger partial charge in [-0.25, -0.2) is 4.68 Å². The lowest BCUT2D eigenvalue weighted by atomic mass is 10.2. The standard InChI is InChI=1S/C14H17ClN4O/c1-9(2)19-14(20)13(15)12(8-17-19)18-11-5-3-10(7-16)4-6-11/h3-6,8-9,18H,7,16H2,1-2H3. The number of rotatable bonds is 4. The highest BCUT2D eigenvalue weighted by atomic mass is 35.5. The average Bonchev–Trinajstić information content (AvgIpc) is 2.44. The number of halogens is 1. The van der Waals surface area contributed by atoms with E-state index >= 15 is 0 Å². The zero-order valence-corrected chi connectivity index (χ0v) is 12.2. The monoisotopic (exact) mass is 292 g/mol. The molecule has 0 fully saturated rings. The van der Waals surface area contributed by atoms with E-state index in [0.29, 0.717) is 12.2 Å². The van der Waals surface area contributed by atoms with Gasteiger partial charge in [-0.15, -0.1) is 0 Å². The highest BCUT2D eigenvalue weighted by Gasteiger charge is 2.11. The molecular weight excluding hydrogens is 276 g/mol. The van der Waals surface area contributed by atoms with Crippen LogP contribution in [-0.4, -0.2) is 9.78 Å². The van der Waals surface area contributed by atoms with E-state index in [9.17, 15) is 4.79 Å². The Morgan fingerprint density at radius 1 is 1.35 bits per heavy atom. The fraction of sp³-hybridized carbons (Fsp3) is 0.286. The van der Waals surface area contributed by atoms with Crippen molar-refractivity contribution in [1.29, 1.82) is 0 Å². The topological polar surface area (TPSA) is 72.9 Å². The lowest BCUT2D eigenvalue weighted by molar-refractivity contribution is 0.503. The smallest absolute Gasteiger partial charge is 0.287 e. The van der Waals surface area contributed by atoms with Gasteiger partial charge in [0, 0.05) is 12.2 Å². The van der Waals surface area contributed by atoms with Crippen LogP contribution in [0, 0.1) is 0 Å². The first-order valence-corrected chi connectivity index (χ1v) is 6.74. The number of hydrogen-bond donors (Lipinski definition) is 2. The van der Waals surface area contributed by atoms with Crippen LogP contribution in [0.3, 0.4) is 0 Å². The molecule has 6 heteroatoms. The van der Waals surface area contributed by atoms with Gasteiger partial charge in [-0.05, 0) is 31.5 Å². The second kappa shape index (κ2) is 6.07. The molecule has 0 saturated heterocycles. The lowest BCUT2D eigenvalue weighted by Gasteiger charge is -2.12. The molecule has 0 unspecified atom stereocenters. The normalized spacial score (nSPS) is 10.8. The van der Waals surface area contributed by atoms with Crippen molar-refractivity contribution in [3.63, 3.8) is 0 Å². The van der Waals surface area contributed by atoms with Gasteiger partial charge in [0.15, 0.2) is 0 Å². The zero-order chi connectivity index (χ0) is 14.7. The predicted molar refractivity (Wildman–Crippen MR) is 81.5 cm³/mol. The van der Waals surface area contributed by atoms with Crippen molar-refractivity contribution in [3.05, 3.63) is 51.4 Å². The van der Waals surface area contributed by atoms with Gasteiger partial charge in [-0.2, -0.15) is 5.10 Å². The van der Waals surface area contributed by atoms with Gasteiger partial charge >= 0.3 is 0 Å². The maximum atomic E-state index is 12.0. The Bertz CT molecular complexity index is 649. The van der Waals surface area contributed by atoms with E-state index in [1.807, 2.05) is 38.1 Å². The molecule has 0 radical (unpaired) electrons. The molecule has 0 aliphatic heterocycles. The second-order valence-electron chi connectivity index (χ2n) is 4.74. The molecule has 0 bridgehead atoms. The summed E-state index contributed by atoms with van der Waals surface area (Å²) in [6.07, 6.45) is 1.56. The fourth-order valence-corrected chi connectivity index (χ4v) is 1.96. The summed E-state index contributed by atoms with van der Waals surface area (Å²) in [4.78, 5) is 12.0. The third-order valence-corrected chi connectivity index (χ3v) is 3.27. The molecule has 0 atom stereocenters. The molecular formula is C14H17ClN4O. The van der Waals surface area contributed by atoms with E-state index in [2.05, 4.69) is 10.4 Å². The average molecular weight is 293 g/mol. The number of aromatic nitrogens is 2. The summed E-state index contributed by atoms with van der Waals surface area (Å²) in [5.41, 5.74) is 7.60. The van der Waals surface area contributed by atoms with Gasteiger partial charge in [0.25, 0.3) is 5.56 Å². The highest BCUT2D eigenvalue weighted by molar-refractivity contribution is 6.33. The Morgan fingerprint density at radius 2 is 2.00 bits per heavy atom. The molecule has 0 aliphatic carbocycles. The van der Waals surface area contributed by atoms with Crippen molar-refractivity contribution in [1.82, 2.24) is 9.78 Å². The van der Waals surface area contributed by atoms with Crippen molar-refractivity contribution in [3.8, 4) is 0 Å². The second-order valence-corrected chi connectivity index (χ2v) is 5.12. The van der Waals surface area contributed by atoms with E-state index in [-0.39, 0.29) is 16.6 Å². The van der Waals surface area contributed by atoms with Crippen LogP contribution in [0.5, 0.6) is 0 Å². The van der Waals surface area contributed by atoms with Gasteiger partial charge < -0.3 is 11.1 Å². The molecule has 0 amide bonds. The van der Waals surface area contributed by atoms with Gasteiger partial charge in [0.1, 0.15) is 5.02 Å². The number of benzene rings is 1. The minimum atomic E-state index is -0.301. The van der Waals surface area contributed by atoms with E-state index in [4.69, 9.17) is 17.3 Å². The molecule has 20 heavy (non-hydrogen) atoms. The molecule has 5 nitrogen and oxygen atoms in total. The summed E-state index contributed by atoms with van der Waals surface area (Å²) >= 11 is 6.10. The maximum Gasteiger partial charge on any atom is 0.287 e. The van der Waals surface area contributed by atoms with E-state index in [0.717, 1.165) is 11.3 Å². The summed E-state index contributed by atoms with van der Waals surface area (Å²) < 4.78 is 1.35. The molecule has 2 aromatic rings. The summed E-state index contributed by atoms with van der Waals surface area (Å²) in [5.74, 6) is 0. The predicted octanol–water partition coefficient (Wildman–Crippen LogP) is 2.68. The van der Waals surface area contributed by atoms with Crippen molar-refractivity contribution < 1.29 is 0 Å². The van der Waals surface area contributed by atoms with Crippen molar-refractivity contribution in [2.75, 3.05) is 5.32 Å². The van der Waals surface area contributed by atoms with Crippen LogP contribution in [0.25, 0.3) is 0 Å². The molecule has 0 aliphatic rings.